The summed E-state index contributed by atoms with van der Waals surface area (Å²) in [5.74, 6) is 1.95. The molecule has 4 heteroatoms. The molecular formula is C17H18BrClN2. The molecule has 110 valence electrons. The van der Waals surface area contributed by atoms with E-state index in [1.165, 1.54) is 18.4 Å². The van der Waals surface area contributed by atoms with E-state index in [9.17, 15) is 0 Å². The molecule has 0 bridgehead atoms. The zero-order valence-electron chi connectivity index (χ0n) is 12.2. The topological polar surface area (TPSA) is 25.8 Å². The third-order valence-corrected chi connectivity index (χ3v) is 5.03. The van der Waals surface area contributed by atoms with Crippen LogP contribution >= 0.6 is 27.5 Å². The van der Waals surface area contributed by atoms with Crippen molar-refractivity contribution < 1.29 is 0 Å². The SMILES string of the molecule is CC(C)Cc1nc(-c2ccccc2C2CC2)nc(Cl)c1Br. The molecule has 0 radical (unpaired) electrons. The van der Waals surface area contributed by atoms with E-state index in [1.54, 1.807) is 0 Å². The molecule has 0 saturated heterocycles. The van der Waals surface area contributed by atoms with Crippen molar-refractivity contribution >= 4 is 27.5 Å². The molecule has 0 atom stereocenters. The monoisotopic (exact) mass is 364 g/mol. The van der Waals surface area contributed by atoms with Gasteiger partial charge in [-0.3, -0.25) is 0 Å². The lowest BCUT2D eigenvalue weighted by atomic mass is 10.0. The van der Waals surface area contributed by atoms with Crippen molar-refractivity contribution in [2.45, 2.75) is 39.0 Å². The molecule has 0 N–H and O–H groups in total. The lowest BCUT2D eigenvalue weighted by molar-refractivity contribution is 0.632. The summed E-state index contributed by atoms with van der Waals surface area (Å²) in [6.07, 6.45) is 3.42. The molecule has 1 aliphatic carbocycles. The van der Waals surface area contributed by atoms with Gasteiger partial charge < -0.3 is 0 Å². The second kappa shape index (κ2) is 6.05. The summed E-state index contributed by atoms with van der Waals surface area (Å²) in [5, 5.41) is 0.501. The van der Waals surface area contributed by atoms with Crippen LogP contribution in [0.2, 0.25) is 5.15 Å². The Morgan fingerprint density at radius 3 is 2.62 bits per heavy atom. The second-order valence-electron chi connectivity index (χ2n) is 6.06. The van der Waals surface area contributed by atoms with Gasteiger partial charge in [0, 0.05) is 5.56 Å². The molecule has 1 aromatic heterocycles. The van der Waals surface area contributed by atoms with Crippen molar-refractivity contribution in [2.24, 2.45) is 5.92 Å². The minimum Gasteiger partial charge on any atom is -0.232 e. The zero-order chi connectivity index (χ0) is 15.0. The molecule has 0 spiro atoms. The fraction of sp³-hybridized carbons (Fsp3) is 0.412. The number of nitrogens with zero attached hydrogens (tertiary/aromatic N) is 2. The van der Waals surface area contributed by atoms with Crippen LogP contribution in [0.1, 0.15) is 43.9 Å². The van der Waals surface area contributed by atoms with Gasteiger partial charge in [-0.1, -0.05) is 49.7 Å². The van der Waals surface area contributed by atoms with Crippen molar-refractivity contribution in [3.8, 4) is 11.4 Å². The molecule has 3 rings (SSSR count). The Balaban J connectivity index is 2.08. The molecule has 2 aromatic rings. The van der Waals surface area contributed by atoms with Crippen LogP contribution in [-0.4, -0.2) is 9.97 Å². The Kier molecular flexibility index (Phi) is 4.32. The van der Waals surface area contributed by atoms with Gasteiger partial charge in [0.1, 0.15) is 5.15 Å². The Bertz CT molecular complexity index is 666. The van der Waals surface area contributed by atoms with E-state index in [4.69, 9.17) is 16.6 Å². The van der Waals surface area contributed by atoms with E-state index in [1.807, 2.05) is 6.07 Å². The van der Waals surface area contributed by atoms with Crippen molar-refractivity contribution in [1.29, 1.82) is 0 Å². The van der Waals surface area contributed by atoms with E-state index in [2.05, 4.69) is 53.0 Å². The van der Waals surface area contributed by atoms with Gasteiger partial charge in [0.05, 0.1) is 10.2 Å². The molecule has 0 unspecified atom stereocenters. The van der Waals surface area contributed by atoms with Crippen LogP contribution in [0.3, 0.4) is 0 Å². The Hall–Kier alpha value is -0.930. The number of benzene rings is 1. The number of hydrogen-bond acceptors (Lipinski definition) is 2. The molecule has 0 amide bonds. The third-order valence-electron chi connectivity index (χ3n) is 3.70. The van der Waals surface area contributed by atoms with Gasteiger partial charge in [0.25, 0.3) is 0 Å². The van der Waals surface area contributed by atoms with E-state index in [0.717, 1.165) is 28.0 Å². The van der Waals surface area contributed by atoms with E-state index >= 15 is 0 Å². The molecule has 2 nitrogen and oxygen atoms in total. The lowest BCUT2D eigenvalue weighted by Gasteiger charge is -2.12. The summed E-state index contributed by atoms with van der Waals surface area (Å²) in [6, 6.07) is 8.43. The normalized spacial score (nSPS) is 14.7. The van der Waals surface area contributed by atoms with Crippen LogP contribution in [0, 0.1) is 5.92 Å². The molecule has 1 aliphatic rings. The quantitative estimate of drug-likeness (QED) is 0.656. The molecule has 21 heavy (non-hydrogen) atoms. The Labute approximate surface area is 139 Å². The van der Waals surface area contributed by atoms with Gasteiger partial charge in [-0.2, -0.15) is 0 Å². The largest absolute Gasteiger partial charge is 0.232 e. The van der Waals surface area contributed by atoms with Crippen molar-refractivity contribution in [1.82, 2.24) is 9.97 Å². The minimum atomic E-state index is 0.501. The zero-order valence-corrected chi connectivity index (χ0v) is 14.6. The van der Waals surface area contributed by atoms with E-state index in [0.29, 0.717) is 17.0 Å². The first-order chi connectivity index (χ1) is 10.1. The van der Waals surface area contributed by atoms with Crippen molar-refractivity contribution in [3.05, 3.63) is 45.1 Å². The lowest BCUT2D eigenvalue weighted by Crippen LogP contribution is -2.03. The van der Waals surface area contributed by atoms with Gasteiger partial charge in [0.2, 0.25) is 0 Å². The Morgan fingerprint density at radius 1 is 1.24 bits per heavy atom. The third kappa shape index (κ3) is 3.29. The maximum Gasteiger partial charge on any atom is 0.161 e. The summed E-state index contributed by atoms with van der Waals surface area (Å²) >= 11 is 9.82. The fourth-order valence-electron chi connectivity index (χ4n) is 2.56. The highest BCUT2D eigenvalue weighted by molar-refractivity contribution is 9.10. The van der Waals surface area contributed by atoms with Gasteiger partial charge in [-0.15, -0.1) is 0 Å². The number of hydrogen-bond donors (Lipinski definition) is 0. The summed E-state index contributed by atoms with van der Waals surface area (Å²) in [5.41, 5.74) is 3.47. The van der Waals surface area contributed by atoms with Crippen LogP contribution in [0.15, 0.2) is 28.7 Å². The highest BCUT2D eigenvalue weighted by Crippen LogP contribution is 2.44. The van der Waals surface area contributed by atoms with E-state index in [-0.39, 0.29) is 0 Å². The first kappa shape index (κ1) is 15.0. The molecule has 1 saturated carbocycles. The maximum absolute atomic E-state index is 6.30. The Morgan fingerprint density at radius 2 is 1.95 bits per heavy atom. The van der Waals surface area contributed by atoms with E-state index < -0.39 is 0 Å². The number of aromatic nitrogens is 2. The summed E-state index contributed by atoms with van der Waals surface area (Å²) in [7, 11) is 0. The van der Waals surface area contributed by atoms with Gasteiger partial charge >= 0.3 is 0 Å². The molecule has 1 aromatic carbocycles. The highest BCUT2D eigenvalue weighted by atomic mass is 79.9. The average Bonchev–Trinajstić information content (AvgIpc) is 3.27. The van der Waals surface area contributed by atoms with Crippen molar-refractivity contribution in [2.75, 3.05) is 0 Å². The van der Waals surface area contributed by atoms with Gasteiger partial charge in [-0.25, -0.2) is 9.97 Å². The number of rotatable bonds is 4. The first-order valence-electron chi connectivity index (χ1n) is 7.37. The summed E-state index contributed by atoms with van der Waals surface area (Å²) in [4.78, 5) is 9.26. The smallest absolute Gasteiger partial charge is 0.161 e. The van der Waals surface area contributed by atoms with Gasteiger partial charge in [-0.05, 0) is 52.6 Å². The predicted molar refractivity (Wildman–Crippen MR) is 90.7 cm³/mol. The van der Waals surface area contributed by atoms with Gasteiger partial charge in [0.15, 0.2) is 5.82 Å². The summed E-state index contributed by atoms with van der Waals surface area (Å²) < 4.78 is 0.825. The summed E-state index contributed by atoms with van der Waals surface area (Å²) in [6.45, 7) is 4.36. The fourth-order valence-corrected chi connectivity index (χ4v) is 3.08. The standard InChI is InChI=1S/C17H18BrClN2/c1-10(2)9-14-15(18)16(19)21-17(20-14)13-6-4-3-5-12(13)11-7-8-11/h3-6,10-11H,7-9H2,1-2H3. The molecule has 0 aliphatic heterocycles. The maximum atomic E-state index is 6.30. The van der Waals surface area contributed by atoms with Crippen LogP contribution in [-0.2, 0) is 6.42 Å². The van der Waals surface area contributed by atoms with Crippen LogP contribution < -0.4 is 0 Å². The van der Waals surface area contributed by atoms with Crippen LogP contribution in [0.5, 0.6) is 0 Å². The average molecular weight is 366 g/mol. The first-order valence-corrected chi connectivity index (χ1v) is 8.54. The van der Waals surface area contributed by atoms with Crippen molar-refractivity contribution in [3.63, 3.8) is 0 Å². The van der Waals surface area contributed by atoms with Crippen LogP contribution in [0.25, 0.3) is 11.4 Å². The van der Waals surface area contributed by atoms with Crippen LogP contribution in [0.4, 0.5) is 0 Å². The highest BCUT2D eigenvalue weighted by Gasteiger charge is 2.27. The molecule has 1 heterocycles. The second-order valence-corrected chi connectivity index (χ2v) is 7.21. The molecular weight excluding hydrogens is 348 g/mol. The predicted octanol–water partition coefficient (Wildman–Crippen LogP) is 5.64. The molecule has 1 fully saturated rings. The number of halogens is 2. The minimum absolute atomic E-state index is 0.501.